The van der Waals surface area contributed by atoms with Gasteiger partial charge in [-0.3, -0.25) is 4.79 Å². The van der Waals surface area contributed by atoms with Gasteiger partial charge in [0.15, 0.2) is 5.16 Å². The van der Waals surface area contributed by atoms with Crippen molar-refractivity contribution in [3.8, 4) is 0 Å². The van der Waals surface area contributed by atoms with Crippen molar-refractivity contribution >= 4 is 40.0 Å². The summed E-state index contributed by atoms with van der Waals surface area (Å²) in [6.07, 6.45) is 0. The molecule has 9 heteroatoms. The van der Waals surface area contributed by atoms with Crippen LogP contribution >= 0.6 is 23.1 Å². The molecule has 0 fully saturated rings. The van der Waals surface area contributed by atoms with Gasteiger partial charge >= 0.3 is 5.97 Å². The van der Waals surface area contributed by atoms with E-state index in [0.717, 1.165) is 17.2 Å². The Morgan fingerprint density at radius 1 is 1.33 bits per heavy atom. The van der Waals surface area contributed by atoms with E-state index in [1.54, 1.807) is 13.0 Å². The molecule has 0 aliphatic rings. The van der Waals surface area contributed by atoms with Crippen LogP contribution in [0, 0.1) is 13.8 Å². The number of thioether (sulfide) groups is 1. The number of nitrogens with zero attached hydrogens (tertiary/aromatic N) is 3. The summed E-state index contributed by atoms with van der Waals surface area (Å²) in [5, 5.41) is 12.1. The van der Waals surface area contributed by atoms with Gasteiger partial charge in [0.2, 0.25) is 5.91 Å². The number of aromatic nitrogens is 3. The molecule has 2 aromatic heterocycles. The summed E-state index contributed by atoms with van der Waals surface area (Å²) < 4.78 is 6.96. The quantitative estimate of drug-likeness (QED) is 0.597. The third kappa shape index (κ3) is 4.35. The Labute approximate surface area is 148 Å². The third-order valence-corrected chi connectivity index (χ3v) is 5.09. The zero-order chi connectivity index (χ0) is 17.7. The maximum absolute atomic E-state index is 12.2. The predicted molar refractivity (Wildman–Crippen MR) is 94.8 cm³/mol. The zero-order valence-corrected chi connectivity index (χ0v) is 15.7. The van der Waals surface area contributed by atoms with E-state index in [9.17, 15) is 9.59 Å². The molecule has 2 heterocycles. The molecule has 0 radical (unpaired) electrons. The molecule has 0 bridgehead atoms. The van der Waals surface area contributed by atoms with Gasteiger partial charge < -0.3 is 14.6 Å². The van der Waals surface area contributed by atoms with E-state index in [0.29, 0.717) is 22.3 Å². The average molecular weight is 368 g/mol. The highest BCUT2D eigenvalue weighted by Gasteiger charge is 2.18. The number of ether oxygens (including phenoxy) is 1. The summed E-state index contributed by atoms with van der Waals surface area (Å²) in [7, 11) is 0. The second-order valence-corrected chi connectivity index (χ2v) is 7.13. The van der Waals surface area contributed by atoms with Gasteiger partial charge in [-0.15, -0.1) is 21.5 Å². The number of anilines is 1. The maximum atomic E-state index is 12.2. The summed E-state index contributed by atoms with van der Waals surface area (Å²) in [4.78, 5) is 25.1. The highest BCUT2D eigenvalue weighted by atomic mass is 32.2. The fourth-order valence-corrected chi connectivity index (χ4v) is 3.86. The minimum atomic E-state index is -0.425. The first kappa shape index (κ1) is 18.5. The van der Waals surface area contributed by atoms with E-state index >= 15 is 0 Å². The first-order chi connectivity index (χ1) is 11.5. The molecule has 0 aromatic carbocycles. The largest absolute Gasteiger partial charge is 0.462 e. The Hall–Kier alpha value is -1.87. The van der Waals surface area contributed by atoms with Crippen LogP contribution in [0.25, 0.3) is 0 Å². The number of esters is 1. The number of hydrogen-bond acceptors (Lipinski definition) is 7. The highest BCUT2D eigenvalue weighted by Crippen LogP contribution is 2.28. The molecule has 130 valence electrons. The summed E-state index contributed by atoms with van der Waals surface area (Å²) in [5.41, 5.74) is 0.394. The molecule has 0 unspecified atom stereocenters. The lowest BCUT2D eigenvalue weighted by Gasteiger charge is -2.07. The van der Waals surface area contributed by atoms with Gasteiger partial charge in [0.25, 0.3) is 0 Å². The van der Waals surface area contributed by atoms with Crippen LogP contribution in [-0.4, -0.2) is 39.0 Å². The summed E-state index contributed by atoms with van der Waals surface area (Å²) in [5.74, 6) is 0.387. The molecule has 24 heavy (non-hydrogen) atoms. The van der Waals surface area contributed by atoms with E-state index in [-0.39, 0.29) is 11.7 Å². The SMILES string of the molecule is CCOC(=O)c1cc(C)sc1NC(=O)CSc1nnc(C)n1CC. The van der Waals surface area contributed by atoms with Crippen molar-refractivity contribution in [2.24, 2.45) is 0 Å². The second-order valence-electron chi connectivity index (χ2n) is 4.93. The van der Waals surface area contributed by atoms with Crippen molar-refractivity contribution in [2.45, 2.75) is 39.4 Å². The number of thiophene rings is 1. The fourth-order valence-electron chi connectivity index (χ4n) is 2.09. The normalized spacial score (nSPS) is 10.7. The molecule has 0 aliphatic carbocycles. The van der Waals surface area contributed by atoms with Crippen LogP contribution in [0.3, 0.4) is 0 Å². The Bertz CT molecular complexity index is 739. The van der Waals surface area contributed by atoms with Crippen LogP contribution in [-0.2, 0) is 16.1 Å². The van der Waals surface area contributed by atoms with E-state index in [1.165, 1.54) is 23.1 Å². The lowest BCUT2D eigenvalue weighted by Crippen LogP contribution is -2.16. The van der Waals surface area contributed by atoms with Gasteiger partial charge in [-0.2, -0.15) is 0 Å². The van der Waals surface area contributed by atoms with Gasteiger partial charge in [0, 0.05) is 11.4 Å². The second kappa shape index (κ2) is 8.29. The van der Waals surface area contributed by atoms with Crippen molar-refractivity contribution in [3.63, 3.8) is 0 Å². The number of carbonyl (C=O) groups is 2. The number of amides is 1. The van der Waals surface area contributed by atoms with Crippen LogP contribution in [0.4, 0.5) is 5.00 Å². The van der Waals surface area contributed by atoms with Crippen molar-refractivity contribution in [3.05, 3.63) is 22.3 Å². The Morgan fingerprint density at radius 2 is 2.08 bits per heavy atom. The van der Waals surface area contributed by atoms with E-state index in [2.05, 4.69) is 15.5 Å². The Morgan fingerprint density at radius 3 is 2.75 bits per heavy atom. The van der Waals surface area contributed by atoms with Crippen LogP contribution in [0.5, 0.6) is 0 Å². The van der Waals surface area contributed by atoms with Gasteiger partial charge in [0.1, 0.15) is 10.8 Å². The molecule has 7 nitrogen and oxygen atoms in total. The topological polar surface area (TPSA) is 86.1 Å². The average Bonchev–Trinajstić information content (AvgIpc) is 3.07. The molecule has 1 amide bonds. The number of aryl methyl sites for hydroxylation is 2. The lowest BCUT2D eigenvalue weighted by atomic mass is 10.3. The molecule has 2 aromatic rings. The minimum absolute atomic E-state index is 0.192. The molecule has 1 N–H and O–H groups in total. The fraction of sp³-hybridized carbons (Fsp3) is 0.467. The van der Waals surface area contributed by atoms with Gasteiger partial charge in [-0.05, 0) is 33.8 Å². The van der Waals surface area contributed by atoms with Crippen LogP contribution < -0.4 is 5.32 Å². The molecule has 0 atom stereocenters. The lowest BCUT2D eigenvalue weighted by molar-refractivity contribution is -0.113. The maximum Gasteiger partial charge on any atom is 0.341 e. The first-order valence-corrected chi connectivity index (χ1v) is 9.36. The van der Waals surface area contributed by atoms with Crippen molar-refractivity contribution in [1.29, 1.82) is 0 Å². The van der Waals surface area contributed by atoms with E-state index in [1.807, 2.05) is 25.3 Å². The third-order valence-electron chi connectivity index (χ3n) is 3.15. The first-order valence-electron chi connectivity index (χ1n) is 7.56. The smallest absolute Gasteiger partial charge is 0.341 e. The monoisotopic (exact) mass is 368 g/mol. The minimum Gasteiger partial charge on any atom is -0.462 e. The Balaban J connectivity index is 2.01. The summed E-state index contributed by atoms with van der Waals surface area (Å²) >= 11 is 2.67. The van der Waals surface area contributed by atoms with Crippen molar-refractivity contribution in [1.82, 2.24) is 14.8 Å². The van der Waals surface area contributed by atoms with E-state index in [4.69, 9.17) is 4.74 Å². The molecule has 0 saturated carbocycles. The van der Waals surface area contributed by atoms with Crippen LogP contribution in [0.15, 0.2) is 11.2 Å². The zero-order valence-electron chi connectivity index (χ0n) is 14.1. The number of hydrogen-bond donors (Lipinski definition) is 1. The standard InChI is InChI=1S/C15H20N4O3S2/c1-5-19-10(4)17-18-15(19)23-8-12(20)16-13-11(7-9(3)24-13)14(21)22-6-2/h7H,5-6,8H2,1-4H3,(H,16,20). The molecular weight excluding hydrogens is 348 g/mol. The predicted octanol–water partition coefficient (Wildman–Crippen LogP) is 2.88. The van der Waals surface area contributed by atoms with Crippen LogP contribution in [0.2, 0.25) is 0 Å². The van der Waals surface area contributed by atoms with Gasteiger partial charge in [-0.25, -0.2) is 4.79 Å². The number of nitrogens with one attached hydrogen (secondary N) is 1. The molecule has 0 aliphatic heterocycles. The van der Waals surface area contributed by atoms with Gasteiger partial charge in [0.05, 0.1) is 17.9 Å². The van der Waals surface area contributed by atoms with Crippen molar-refractivity contribution < 1.29 is 14.3 Å². The van der Waals surface area contributed by atoms with Gasteiger partial charge in [-0.1, -0.05) is 11.8 Å². The van der Waals surface area contributed by atoms with Crippen molar-refractivity contribution in [2.75, 3.05) is 17.7 Å². The van der Waals surface area contributed by atoms with E-state index < -0.39 is 5.97 Å². The molecule has 2 rings (SSSR count). The Kier molecular flexibility index (Phi) is 6.38. The number of carbonyl (C=O) groups excluding carboxylic acids is 2. The molecule has 0 spiro atoms. The highest BCUT2D eigenvalue weighted by molar-refractivity contribution is 7.99. The van der Waals surface area contributed by atoms with Crippen LogP contribution in [0.1, 0.15) is 34.9 Å². The molecular formula is C15H20N4O3S2. The number of rotatable bonds is 7. The molecule has 0 saturated heterocycles. The summed E-state index contributed by atoms with van der Waals surface area (Å²) in [6.45, 7) is 8.55. The summed E-state index contributed by atoms with van der Waals surface area (Å²) in [6, 6.07) is 1.72.